The largest absolute Gasteiger partial charge is 0.497 e. The smallest absolute Gasteiger partial charge is 0.268 e. The summed E-state index contributed by atoms with van der Waals surface area (Å²) in [5.41, 5.74) is 0.514. The lowest BCUT2D eigenvalue weighted by molar-refractivity contribution is 0.391. The fraction of sp³-hybridized carbons (Fsp3) is 0.176. The van der Waals surface area contributed by atoms with E-state index >= 15 is 0 Å². The molecule has 12 heteroatoms. The molecule has 1 aromatic carbocycles. The number of thiazole rings is 1. The van der Waals surface area contributed by atoms with E-state index in [1.54, 1.807) is 18.2 Å². The Morgan fingerprint density at radius 1 is 1.14 bits per heavy atom. The normalized spacial score (nSPS) is 11.3. The highest BCUT2D eigenvalue weighted by molar-refractivity contribution is 7.93. The number of methoxy groups -OCH3 is 2. The number of benzene rings is 1. The van der Waals surface area contributed by atoms with E-state index in [9.17, 15) is 12.8 Å². The number of nitrogens with zero attached hydrogens (tertiary/aromatic N) is 3. The van der Waals surface area contributed by atoms with Crippen LogP contribution in [0.4, 0.5) is 9.52 Å². The van der Waals surface area contributed by atoms with E-state index in [0.717, 1.165) is 16.7 Å². The quantitative estimate of drug-likeness (QED) is 0.469. The van der Waals surface area contributed by atoms with Crippen LogP contribution >= 0.6 is 34.5 Å². The van der Waals surface area contributed by atoms with Crippen LogP contribution in [0, 0.1) is 5.13 Å². The van der Waals surface area contributed by atoms with Gasteiger partial charge in [-0.2, -0.15) is 4.39 Å². The molecule has 0 atom stereocenters. The summed E-state index contributed by atoms with van der Waals surface area (Å²) >= 11 is 12.3. The molecule has 0 aliphatic carbocycles. The molecule has 0 saturated carbocycles. The topological polar surface area (TPSA) is 81.6 Å². The Morgan fingerprint density at radius 3 is 2.48 bits per heavy atom. The highest BCUT2D eigenvalue weighted by Gasteiger charge is 2.30. The van der Waals surface area contributed by atoms with Crippen molar-refractivity contribution in [2.75, 3.05) is 18.5 Å². The van der Waals surface area contributed by atoms with Crippen LogP contribution in [0.5, 0.6) is 11.5 Å². The van der Waals surface area contributed by atoms with Gasteiger partial charge < -0.3 is 9.47 Å². The average molecular weight is 478 g/mol. The molecule has 0 unspecified atom stereocenters. The maximum absolute atomic E-state index is 13.6. The number of hydrogen-bond donors (Lipinski definition) is 0. The van der Waals surface area contributed by atoms with Crippen molar-refractivity contribution in [1.82, 2.24) is 9.97 Å². The van der Waals surface area contributed by atoms with E-state index in [4.69, 9.17) is 32.7 Å². The molecule has 3 rings (SSSR count). The summed E-state index contributed by atoms with van der Waals surface area (Å²) in [6, 6.07) is 6.10. The molecular weight excluding hydrogens is 464 g/mol. The van der Waals surface area contributed by atoms with Gasteiger partial charge in [-0.3, -0.25) is 0 Å². The fourth-order valence-electron chi connectivity index (χ4n) is 2.43. The number of rotatable bonds is 7. The zero-order chi connectivity index (χ0) is 21.2. The summed E-state index contributed by atoms with van der Waals surface area (Å²) in [4.78, 5) is 7.45. The van der Waals surface area contributed by atoms with Crippen LogP contribution in [0.3, 0.4) is 0 Å². The fourth-order valence-corrected chi connectivity index (χ4v) is 4.99. The van der Waals surface area contributed by atoms with E-state index in [0.29, 0.717) is 28.4 Å². The highest BCUT2D eigenvalue weighted by Crippen LogP contribution is 2.33. The molecule has 0 amide bonds. The second-order valence-corrected chi connectivity index (χ2v) is 9.17. The number of aromatic nitrogens is 2. The van der Waals surface area contributed by atoms with Crippen molar-refractivity contribution in [3.8, 4) is 11.5 Å². The van der Waals surface area contributed by atoms with Crippen molar-refractivity contribution in [3.63, 3.8) is 0 Å². The van der Waals surface area contributed by atoms with Crippen LogP contribution in [0.25, 0.3) is 0 Å². The van der Waals surface area contributed by atoms with Gasteiger partial charge in [-0.1, -0.05) is 34.5 Å². The van der Waals surface area contributed by atoms with Gasteiger partial charge in [0.25, 0.3) is 10.0 Å². The summed E-state index contributed by atoms with van der Waals surface area (Å²) in [5.74, 6) is 0.933. The molecular formula is C17H14Cl2FN3O4S2. The van der Waals surface area contributed by atoms with Gasteiger partial charge in [0.2, 0.25) is 5.13 Å². The molecule has 0 spiro atoms. The Balaban J connectivity index is 2.10. The van der Waals surface area contributed by atoms with Crippen molar-refractivity contribution < 1.29 is 22.3 Å². The SMILES string of the molecule is COc1ccc(CN(c2ncc(F)s2)S(=O)(=O)c2cnc(Cl)c(Cl)c2)c(OC)c1. The zero-order valence-electron chi connectivity index (χ0n) is 15.1. The van der Waals surface area contributed by atoms with E-state index in [2.05, 4.69) is 9.97 Å². The van der Waals surface area contributed by atoms with Gasteiger partial charge >= 0.3 is 0 Å². The highest BCUT2D eigenvalue weighted by atomic mass is 35.5. The van der Waals surface area contributed by atoms with Crippen molar-refractivity contribution in [1.29, 1.82) is 0 Å². The number of pyridine rings is 1. The molecule has 0 N–H and O–H groups in total. The van der Waals surface area contributed by atoms with Gasteiger partial charge in [-0.25, -0.2) is 22.7 Å². The van der Waals surface area contributed by atoms with Crippen molar-refractivity contribution in [3.05, 3.63) is 57.5 Å². The lowest BCUT2D eigenvalue weighted by atomic mass is 10.2. The number of anilines is 1. The first-order valence-electron chi connectivity index (χ1n) is 7.92. The minimum Gasteiger partial charge on any atom is -0.497 e. The molecule has 0 aliphatic heterocycles. The summed E-state index contributed by atoms with van der Waals surface area (Å²) in [7, 11) is -1.25. The van der Waals surface area contributed by atoms with Crippen LogP contribution in [-0.4, -0.2) is 32.6 Å². The predicted octanol–water partition coefficient (Wildman–Crippen LogP) is 4.40. The second kappa shape index (κ2) is 8.70. The summed E-state index contributed by atoms with van der Waals surface area (Å²) < 4.78 is 51.7. The number of ether oxygens (including phenoxy) is 2. The number of sulfonamides is 1. The standard InChI is InChI=1S/C17H14Cl2FN3O4S2/c1-26-11-4-3-10(14(5-11)27-2)9-23(17-22-8-15(20)28-17)29(24,25)12-6-13(18)16(19)21-7-12/h3-8H,9H2,1-2H3. The third kappa shape index (κ3) is 4.55. The minimum atomic E-state index is -4.20. The first-order valence-corrected chi connectivity index (χ1v) is 10.9. The van der Waals surface area contributed by atoms with Gasteiger partial charge in [0, 0.05) is 17.8 Å². The van der Waals surface area contributed by atoms with Gasteiger partial charge in [-0.15, -0.1) is 0 Å². The van der Waals surface area contributed by atoms with Gasteiger partial charge in [-0.05, 0) is 18.2 Å². The van der Waals surface area contributed by atoms with Crippen molar-refractivity contribution >= 4 is 49.7 Å². The maximum Gasteiger partial charge on any atom is 0.268 e. The van der Waals surface area contributed by atoms with Crippen LogP contribution < -0.4 is 13.8 Å². The zero-order valence-corrected chi connectivity index (χ0v) is 18.2. The lowest BCUT2D eigenvalue weighted by Crippen LogP contribution is -2.30. The second-order valence-electron chi connectivity index (χ2n) is 5.58. The summed E-state index contributed by atoms with van der Waals surface area (Å²) in [6.07, 6.45) is 2.02. The molecule has 154 valence electrons. The first kappa shape index (κ1) is 21.6. The Kier molecular flexibility index (Phi) is 6.47. The molecule has 0 fully saturated rings. The monoisotopic (exact) mass is 477 g/mol. The lowest BCUT2D eigenvalue weighted by Gasteiger charge is -2.23. The molecule has 2 heterocycles. The molecule has 0 saturated heterocycles. The van der Waals surface area contributed by atoms with E-state index < -0.39 is 15.2 Å². The van der Waals surface area contributed by atoms with Crippen molar-refractivity contribution in [2.45, 2.75) is 11.4 Å². The Bertz CT molecular complexity index is 1140. The molecule has 0 bridgehead atoms. The Morgan fingerprint density at radius 2 is 1.90 bits per heavy atom. The first-order chi connectivity index (χ1) is 13.8. The van der Waals surface area contributed by atoms with Crippen LogP contribution in [0.2, 0.25) is 10.2 Å². The van der Waals surface area contributed by atoms with E-state index in [1.165, 1.54) is 20.3 Å². The number of hydrogen-bond acceptors (Lipinski definition) is 7. The predicted molar refractivity (Wildman–Crippen MR) is 109 cm³/mol. The van der Waals surface area contributed by atoms with Gasteiger partial charge in [0.15, 0.2) is 5.13 Å². The summed E-state index contributed by atoms with van der Waals surface area (Å²) in [5, 5.41) is -0.755. The Hall–Kier alpha value is -2.14. The maximum atomic E-state index is 13.6. The van der Waals surface area contributed by atoms with Gasteiger partial charge in [0.1, 0.15) is 21.5 Å². The van der Waals surface area contributed by atoms with E-state index in [1.807, 2.05) is 0 Å². The van der Waals surface area contributed by atoms with Crippen LogP contribution in [0.1, 0.15) is 5.56 Å². The van der Waals surface area contributed by atoms with Crippen molar-refractivity contribution in [2.24, 2.45) is 0 Å². The van der Waals surface area contributed by atoms with Crippen LogP contribution in [-0.2, 0) is 16.6 Å². The minimum absolute atomic E-state index is 0.0277. The third-order valence-electron chi connectivity index (χ3n) is 3.85. The number of halogens is 3. The molecule has 0 aliphatic rings. The van der Waals surface area contributed by atoms with E-state index in [-0.39, 0.29) is 26.7 Å². The Labute approximate surface area is 180 Å². The molecule has 7 nitrogen and oxygen atoms in total. The van der Waals surface area contributed by atoms with Crippen LogP contribution in [0.15, 0.2) is 41.6 Å². The molecule has 29 heavy (non-hydrogen) atoms. The third-order valence-corrected chi connectivity index (χ3v) is 7.16. The summed E-state index contributed by atoms with van der Waals surface area (Å²) in [6.45, 7) is -0.178. The average Bonchev–Trinajstić information content (AvgIpc) is 3.13. The molecule has 3 aromatic rings. The molecule has 2 aromatic heterocycles. The molecule has 0 radical (unpaired) electrons. The van der Waals surface area contributed by atoms with Gasteiger partial charge in [0.05, 0.1) is 32.0 Å².